The number of piperazine rings is 1. The molecule has 0 aliphatic carbocycles. The first-order valence-corrected chi connectivity index (χ1v) is 9.54. The van der Waals surface area contributed by atoms with Crippen molar-refractivity contribution < 1.29 is 14.1 Å². The van der Waals surface area contributed by atoms with Crippen LogP contribution in [0.15, 0.2) is 34.7 Å². The molecule has 1 amide bonds. The summed E-state index contributed by atoms with van der Waals surface area (Å²) in [5.74, 6) is -0.736. The van der Waals surface area contributed by atoms with E-state index >= 15 is 0 Å². The van der Waals surface area contributed by atoms with Gasteiger partial charge in [0.25, 0.3) is 5.91 Å². The number of rotatable bonds is 4. The van der Waals surface area contributed by atoms with Crippen molar-refractivity contribution in [3.8, 4) is 0 Å². The fraction of sp³-hybridized carbons (Fsp3) is 0.333. The molecule has 1 saturated heterocycles. The van der Waals surface area contributed by atoms with Crippen molar-refractivity contribution >= 4 is 38.5 Å². The molecule has 9 heteroatoms. The van der Waals surface area contributed by atoms with Crippen molar-refractivity contribution in [1.82, 2.24) is 9.88 Å². The van der Waals surface area contributed by atoms with Gasteiger partial charge in [0, 0.05) is 26.2 Å². The van der Waals surface area contributed by atoms with Crippen LogP contribution in [0.4, 0.5) is 11.0 Å². The lowest BCUT2D eigenvalue weighted by molar-refractivity contribution is -0.402. The number of aryl methyl sites for hydroxylation is 1. The molecular weight excluding hydrogens is 368 g/mol. The van der Waals surface area contributed by atoms with E-state index in [9.17, 15) is 14.9 Å². The number of hydrogen-bond donors (Lipinski definition) is 0. The molecule has 1 fully saturated rings. The summed E-state index contributed by atoms with van der Waals surface area (Å²) >= 11 is 1.66. The predicted octanol–water partition coefficient (Wildman–Crippen LogP) is 3.32. The minimum atomic E-state index is -0.647. The maximum absolute atomic E-state index is 12.5. The van der Waals surface area contributed by atoms with Gasteiger partial charge in [-0.15, -0.1) is 0 Å². The Morgan fingerprint density at radius 2 is 2.04 bits per heavy atom. The number of hydrogen-bond acceptors (Lipinski definition) is 7. The van der Waals surface area contributed by atoms with Crippen LogP contribution in [0, 0.1) is 10.1 Å². The van der Waals surface area contributed by atoms with Gasteiger partial charge in [0.2, 0.25) is 0 Å². The third kappa shape index (κ3) is 3.37. The standard InChI is InChI=1S/C18H18N4O4S/c1-2-12-3-4-13-15(11-12)27-18(19-13)21-9-7-20(8-10-21)17(23)14-5-6-16(26-14)22(24)25/h3-6,11H,2,7-10H2,1H3. The van der Waals surface area contributed by atoms with E-state index in [4.69, 9.17) is 9.40 Å². The van der Waals surface area contributed by atoms with Crippen LogP contribution < -0.4 is 4.90 Å². The zero-order valence-electron chi connectivity index (χ0n) is 14.8. The molecule has 0 spiro atoms. The van der Waals surface area contributed by atoms with E-state index in [0.29, 0.717) is 26.2 Å². The van der Waals surface area contributed by atoms with Crippen LogP contribution in [0.25, 0.3) is 10.2 Å². The molecule has 1 aliphatic heterocycles. The van der Waals surface area contributed by atoms with Gasteiger partial charge in [-0.25, -0.2) is 4.98 Å². The average Bonchev–Trinajstić information content (AvgIpc) is 3.34. The van der Waals surface area contributed by atoms with Crippen molar-refractivity contribution in [2.45, 2.75) is 13.3 Å². The lowest BCUT2D eigenvalue weighted by Crippen LogP contribution is -2.48. The minimum Gasteiger partial charge on any atom is -0.395 e. The Labute approximate surface area is 159 Å². The number of amides is 1. The first-order valence-electron chi connectivity index (χ1n) is 8.73. The number of carbonyl (C=O) groups excluding carboxylic acids is 1. The molecule has 1 aromatic carbocycles. The van der Waals surface area contributed by atoms with E-state index in [1.807, 2.05) is 0 Å². The highest BCUT2D eigenvalue weighted by atomic mass is 32.1. The fourth-order valence-electron chi connectivity index (χ4n) is 3.11. The lowest BCUT2D eigenvalue weighted by atomic mass is 10.2. The van der Waals surface area contributed by atoms with Crippen LogP contribution in [-0.4, -0.2) is 46.9 Å². The van der Waals surface area contributed by atoms with E-state index in [0.717, 1.165) is 17.1 Å². The van der Waals surface area contributed by atoms with Crippen molar-refractivity contribution in [3.05, 3.63) is 51.8 Å². The predicted molar refractivity (Wildman–Crippen MR) is 102 cm³/mol. The second-order valence-electron chi connectivity index (χ2n) is 6.33. The molecule has 3 heterocycles. The average molecular weight is 386 g/mol. The molecular formula is C18H18N4O4S. The van der Waals surface area contributed by atoms with Gasteiger partial charge in [0.1, 0.15) is 4.92 Å². The van der Waals surface area contributed by atoms with Gasteiger partial charge in [-0.2, -0.15) is 0 Å². The van der Waals surface area contributed by atoms with E-state index < -0.39 is 10.8 Å². The summed E-state index contributed by atoms with van der Waals surface area (Å²) in [5.41, 5.74) is 2.29. The lowest BCUT2D eigenvalue weighted by Gasteiger charge is -2.34. The summed E-state index contributed by atoms with van der Waals surface area (Å²) in [7, 11) is 0. The number of nitrogens with zero attached hydrogens (tertiary/aromatic N) is 4. The minimum absolute atomic E-state index is 0.00207. The Hall–Kier alpha value is -2.94. The van der Waals surface area contributed by atoms with Crippen LogP contribution >= 0.6 is 11.3 Å². The largest absolute Gasteiger partial charge is 0.433 e. The molecule has 4 rings (SSSR count). The molecule has 0 N–H and O–H groups in total. The molecule has 0 unspecified atom stereocenters. The zero-order chi connectivity index (χ0) is 19.0. The van der Waals surface area contributed by atoms with Gasteiger partial charge >= 0.3 is 5.88 Å². The van der Waals surface area contributed by atoms with Gasteiger partial charge in [-0.1, -0.05) is 24.3 Å². The fourth-order valence-corrected chi connectivity index (χ4v) is 4.19. The SMILES string of the molecule is CCc1ccc2nc(N3CCN(C(=O)c4ccc([N+](=O)[O-])o4)CC3)sc2c1. The van der Waals surface area contributed by atoms with Gasteiger partial charge < -0.3 is 14.2 Å². The van der Waals surface area contributed by atoms with Crippen LogP contribution in [-0.2, 0) is 6.42 Å². The smallest absolute Gasteiger partial charge is 0.395 e. The second kappa shape index (κ2) is 6.99. The first kappa shape index (κ1) is 17.5. The highest BCUT2D eigenvalue weighted by Gasteiger charge is 2.27. The number of anilines is 1. The van der Waals surface area contributed by atoms with E-state index in [2.05, 4.69) is 30.0 Å². The Kier molecular flexibility index (Phi) is 4.53. The van der Waals surface area contributed by atoms with Crippen LogP contribution in [0.5, 0.6) is 0 Å². The summed E-state index contributed by atoms with van der Waals surface area (Å²) in [6.07, 6.45) is 0.995. The normalized spacial score (nSPS) is 14.7. The van der Waals surface area contributed by atoms with Crippen LogP contribution in [0.3, 0.4) is 0 Å². The van der Waals surface area contributed by atoms with E-state index in [1.54, 1.807) is 16.2 Å². The summed E-state index contributed by atoms with van der Waals surface area (Å²) in [5, 5.41) is 11.7. The first-order chi connectivity index (χ1) is 13.0. The van der Waals surface area contributed by atoms with Gasteiger partial charge in [-0.05, 0) is 30.2 Å². The summed E-state index contributed by atoms with van der Waals surface area (Å²) in [4.78, 5) is 31.1. The van der Waals surface area contributed by atoms with Crippen molar-refractivity contribution in [3.63, 3.8) is 0 Å². The number of benzene rings is 1. The van der Waals surface area contributed by atoms with E-state index in [-0.39, 0.29) is 11.7 Å². The van der Waals surface area contributed by atoms with Gasteiger partial charge in [0.05, 0.1) is 16.3 Å². The summed E-state index contributed by atoms with van der Waals surface area (Å²) < 4.78 is 6.19. The van der Waals surface area contributed by atoms with Crippen LogP contribution in [0.2, 0.25) is 0 Å². The molecule has 2 aromatic heterocycles. The highest BCUT2D eigenvalue weighted by Crippen LogP contribution is 2.30. The molecule has 27 heavy (non-hydrogen) atoms. The van der Waals surface area contributed by atoms with Crippen molar-refractivity contribution in [2.75, 3.05) is 31.1 Å². The number of thiazole rings is 1. The van der Waals surface area contributed by atoms with Crippen molar-refractivity contribution in [2.24, 2.45) is 0 Å². The topological polar surface area (TPSA) is 92.7 Å². The number of nitro groups is 1. The second-order valence-corrected chi connectivity index (χ2v) is 7.34. The Balaban J connectivity index is 1.43. The molecule has 0 saturated carbocycles. The number of fused-ring (bicyclic) bond motifs is 1. The number of carbonyl (C=O) groups is 1. The maximum Gasteiger partial charge on any atom is 0.433 e. The molecule has 8 nitrogen and oxygen atoms in total. The maximum atomic E-state index is 12.5. The molecule has 0 atom stereocenters. The molecule has 0 bridgehead atoms. The third-order valence-corrected chi connectivity index (χ3v) is 5.75. The molecule has 0 radical (unpaired) electrons. The Bertz CT molecular complexity index is 1000. The zero-order valence-corrected chi connectivity index (χ0v) is 15.6. The highest BCUT2D eigenvalue weighted by molar-refractivity contribution is 7.22. The van der Waals surface area contributed by atoms with E-state index in [1.165, 1.54) is 22.4 Å². The third-order valence-electron chi connectivity index (χ3n) is 4.67. The van der Waals surface area contributed by atoms with Crippen LogP contribution in [0.1, 0.15) is 23.0 Å². The quantitative estimate of drug-likeness (QED) is 0.504. The van der Waals surface area contributed by atoms with Gasteiger partial charge in [0.15, 0.2) is 10.9 Å². The monoisotopic (exact) mass is 386 g/mol. The summed E-state index contributed by atoms with van der Waals surface area (Å²) in [6, 6.07) is 8.89. The van der Waals surface area contributed by atoms with Crippen molar-refractivity contribution in [1.29, 1.82) is 0 Å². The molecule has 140 valence electrons. The number of furan rings is 1. The van der Waals surface area contributed by atoms with Gasteiger partial charge in [-0.3, -0.25) is 14.9 Å². The molecule has 1 aliphatic rings. The summed E-state index contributed by atoms with van der Waals surface area (Å²) in [6.45, 7) is 4.49. The Morgan fingerprint density at radius 3 is 2.70 bits per heavy atom. The molecule has 3 aromatic rings. The Morgan fingerprint density at radius 1 is 1.26 bits per heavy atom. The number of aromatic nitrogens is 1.